The second-order valence-electron chi connectivity index (χ2n) is 6.95. The van der Waals surface area contributed by atoms with E-state index >= 15 is 0 Å². The summed E-state index contributed by atoms with van der Waals surface area (Å²) in [4.78, 5) is 12.8. The summed E-state index contributed by atoms with van der Waals surface area (Å²) in [6.45, 7) is 3.47. The monoisotopic (exact) mass is 402 g/mol. The number of nitrogens with one attached hydrogen (secondary N) is 1. The van der Waals surface area contributed by atoms with Crippen molar-refractivity contribution in [2.45, 2.75) is 38.9 Å². The van der Waals surface area contributed by atoms with Gasteiger partial charge in [-0.1, -0.05) is 47.6 Å². The molecule has 1 N–H and O–H groups in total. The molecule has 0 radical (unpaired) electrons. The number of hydrogen-bond donors (Lipinski definition) is 1. The van der Waals surface area contributed by atoms with Gasteiger partial charge >= 0.3 is 6.18 Å². The number of nitrogens with zero attached hydrogens (tertiary/aromatic N) is 1. The van der Waals surface area contributed by atoms with Crippen molar-refractivity contribution in [3.05, 3.63) is 77.0 Å². The minimum absolute atomic E-state index is 0.0290. The van der Waals surface area contributed by atoms with Crippen LogP contribution in [0, 0.1) is 6.92 Å². The Morgan fingerprint density at radius 1 is 1.14 bits per heavy atom. The van der Waals surface area contributed by atoms with Gasteiger partial charge in [0.15, 0.2) is 5.76 Å². The zero-order valence-corrected chi connectivity index (χ0v) is 16.1. The standard InChI is InChI=1S/C22H21F3N2O2/c1-14(11-12-16-7-4-3-5-8-16)26-21(28)19-15(2)27-29-20(19)17-9-6-10-18(13-17)22(23,24)25/h3-10,13-14H,11-12H2,1-2H3,(H,26,28). The summed E-state index contributed by atoms with van der Waals surface area (Å²) in [6, 6.07) is 14.4. The molecule has 7 heteroatoms. The van der Waals surface area contributed by atoms with E-state index in [0.29, 0.717) is 5.69 Å². The lowest BCUT2D eigenvalue weighted by Crippen LogP contribution is -2.33. The number of alkyl halides is 3. The minimum atomic E-state index is -4.49. The van der Waals surface area contributed by atoms with Gasteiger partial charge in [-0.05, 0) is 44.4 Å². The van der Waals surface area contributed by atoms with Gasteiger partial charge in [-0.25, -0.2) is 0 Å². The highest BCUT2D eigenvalue weighted by molar-refractivity contribution is 6.00. The summed E-state index contributed by atoms with van der Waals surface area (Å²) in [7, 11) is 0. The Morgan fingerprint density at radius 3 is 2.55 bits per heavy atom. The highest BCUT2D eigenvalue weighted by Gasteiger charge is 2.31. The molecule has 3 rings (SSSR count). The molecule has 1 heterocycles. The van der Waals surface area contributed by atoms with Gasteiger partial charge in [0.25, 0.3) is 5.91 Å². The number of aromatic nitrogens is 1. The van der Waals surface area contributed by atoms with Crippen LogP contribution in [0.2, 0.25) is 0 Å². The van der Waals surface area contributed by atoms with Crippen LogP contribution in [0.15, 0.2) is 59.1 Å². The third-order valence-electron chi connectivity index (χ3n) is 4.63. The van der Waals surface area contributed by atoms with Gasteiger partial charge < -0.3 is 9.84 Å². The molecule has 0 aliphatic heterocycles. The van der Waals surface area contributed by atoms with E-state index in [0.717, 1.165) is 25.0 Å². The van der Waals surface area contributed by atoms with E-state index in [1.165, 1.54) is 17.7 Å². The van der Waals surface area contributed by atoms with Crippen LogP contribution >= 0.6 is 0 Å². The van der Waals surface area contributed by atoms with Crippen LogP contribution in [-0.4, -0.2) is 17.1 Å². The van der Waals surface area contributed by atoms with E-state index in [4.69, 9.17) is 4.52 Å². The third kappa shape index (κ3) is 5.04. The average molecular weight is 402 g/mol. The lowest BCUT2D eigenvalue weighted by molar-refractivity contribution is -0.137. The van der Waals surface area contributed by atoms with E-state index in [1.54, 1.807) is 6.92 Å². The Kier molecular flexibility index (Phi) is 6.06. The molecule has 0 fully saturated rings. The van der Waals surface area contributed by atoms with Crippen LogP contribution in [0.1, 0.15) is 40.5 Å². The van der Waals surface area contributed by atoms with Crippen LogP contribution in [0.5, 0.6) is 0 Å². The first kappa shape index (κ1) is 20.6. The van der Waals surface area contributed by atoms with Crippen LogP contribution in [0.25, 0.3) is 11.3 Å². The zero-order chi connectivity index (χ0) is 21.0. The van der Waals surface area contributed by atoms with E-state index in [2.05, 4.69) is 10.5 Å². The molecule has 0 aliphatic rings. The molecule has 0 bridgehead atoms. The van der Waals surface area contributed by atoms with Crippen LogP contribution in [-0.2, 0) is 12.6 Å². The van der Waals surface area contributed by atoms with Crippen LogP contribution in [0.3, 0.4) is 0 Å². The van der Waals surface area contributed by atoms with Crippen LogP contribution < -0.4 is 5.32 Å². The van der Waals surface area contributed by atoms with Crippen molar-refractivity contribution in [2.75, 3.05) is 0 Å². The normalized spacial score (nSPS) is 12.6. The fraction of sp³-hybridized carbons (Fsp3) is 0.273. The molecular weight excluding hydrogens is 381 g/mol. The van der Waals surface area contributed by atoms with Gasteiger partial charge in [0, 0.05) is 11.6 Å². The Bertz CT molecular complexity index is 981. The number of benzene rings is 2. The maximum absolute atomic E-state index is 13.0. The number of carbonyl (C=O) groups is 1. The van der Waals surface area contributed by atoms with Gasteiger partial charge in [-0.15, -0.1) is 0 Å². The summed E-state index contributed by atoms with van der Waals surface area (Å²) in [5.41, 5.74) is 0.981. The van der Waals surface area contributed by atoms with Crippen molar-refractivity contribution in [1.82, 2.24) is 10.5 Å². The van der Waals surface area contributed by atoms with Gasteiger partial charge in [0.2, 0.25) is 0 Å². The van der Waals surface area contributed by atoms with Gasteiger partial charge in [-0.2, -0.15) is 13.2 Å². The molecule has 4 nitrogen and oxygen atoms in total. The van der Waals surface area contributed by atoms with E-state index in [9.17, 15) is 18.0 Å². The highest BCUT2D eigenvalue weighted by atomic mass is 19.4. The predicted octanol–water partition coefficient (Wildman–Crippen LogP) is 5.42. The lowest BCUT2D eigenvalue weighted by Gasteiger charge is -2.14. The highest BCUT2D eigenvalue weighted by Crippen LogP contribution is 2.33. The van der Waals surface area contributed by atoms with Gasteiger partial charge in [-0.3, -0.25) is 4.79 Å². The SMILES string of the molecule is Cc1noc(-c2cccc(C(F)(F)F)c2)c1C(=O)NC(C)CCc1ccccc1. The van der Waals surface area contributed by atoms with Crippen molar-refractivity contribution in [2.24, 2.45) is 0 Å². The first-order chi connectivity index (χ1) is 13.8. The Balaban J connectivity index is 1.76. The van der Waals surface area contributed by atoms with E-state index in [-0.39, 0.29) is 22.9 Å². The molecule has 0 saturated heterocycles. The zero-order valence-electron chi connectivity index (χ0n) is 16.1. The number of carbonyl (C=O) groups excluding carboxylic acids is 1. The molecule has 0 saturated carbocycles. The molecule has 1 atom stereocenters. The lowest BCUT2D eigenvalue weighted by atomic mass is 10.0. The molecule has 0 spiro atoms. The molecule has 152 valence electrons. The minimum Gasteiger partial charge on any atom is -0.355 e. The Hall–Kier alpha value is -3.09. The molecule has 2 aromatic carbocycles. The topological polar surface area (TPSA) is 55.1 Å². The average Bonchev–Trinajstić information content (AvgIpc) is 3.08. The van der Waals surface area contributed by atoms with Crippen molar-refractivity contribution >= 4 is 5.91 Å². The second kappa shape index (κ2) is 8.51. The summed E-state index contributed by atoms with van der Waals surface area (Å²) in [5, 5.41) is 6.68. The smallest absolute Gasteiger partial charge is 0.355 e. The number of rotatable bonds is 6. The summed E-state index contributed by atoms with van der Waals surface area (Å²) in [5.74, 6) is -0.391. The molecule has 1 amide bonds. The number of hydrogen-bond acceptors (Lipinski definition) is 3. The van der Waals surface area contributed by atoms with E-state index in [1.807, 2.05) is 37.3 Å². The summed E-state index contributed by atoms with van der Waals surface area (Å²) >= 11 is 0. The molecule has 0 aliphatic carbocycles. The Morgan fingerprint density at radius 2 is 1.86 bits per heavy atom. The molecule has 1 aromatic heterocycles. The fourth-order valence-corrected chi connectivity index (χ4v) is 3.07. The fourth-order valence-electron chi connectivity index (χ4n) is 3.07. The first-order valence-electron chi connectivity index (χ1n) is 9.24. The number of aryl methyl sites for hydroxylation is 2. The van der Waals surface area contributed by atoms with Gasteiger partial charge in [0.1, 0.15) is 5.56 Å². The van der Waals surface area contributed by atoms with Crippen LogP contribution in [0.4, 0.5) is 13.2 Å². The van der Waals surface area contributed by atoms with Crippen molar-refractivity contribution in [3.8, 4) is 11.3 Å². The molecule has 1 unspecified atom stereocenters. The van der Waals surface area contributed by atoms with Crippen molar-refractivity contribution in [3.63, 3.8) is 0 Å². The van der Waals surface area contributed by atoms with E-state index < -0.39 is 17.6 Å². The molecular formula is C22H21F3N2O2. The third-order valence-corrected chi connectivity index (χ3v) is 4.63. The van der Waals surface area contributed by atoms with Gasteiger partial charge in [0.05, 0.1) is 11.3 Å². The maximum atomic E-state index is 13.0. The first-order valence-corrected chi connectivity index (χ1v) is 9.24. The number of halogens is 3. The molecule has 3 aromatic rings. The summed E-state index contributed by atoms with van der Waals surface area (Å²) in [6.07, 6.45) is -2.97. The predicted molar refractivity (Wildman–Crippen MR) is 103 cm³/mol. The molecule has 29 heavy (non-hydrogen) atoms. The maximum Gasteiger partial charge on any atom is 0.416 e. The van der Waals surface area contributed by atoms with Crippen molar-refractivity contribution < 1.29 is 22.5 Å². The summed E-state index contributed by atoms with van der Waals surface area (Å²) < 4.78 is 44.3. The quantitative estimate of drug-likeness (QED) is 0.599. The Labute approximate surface area is 166 Å². The second-order valence-corrected chi connectivity index (χ2v) is 6.95. The number of amides is 1. The van der Waals surface area contributed by atoms with Crippen molar-refractivity contribution in [1.29, 1.82) is 0 Å². The largest absolute Gasteiger partial charge is 0.416 e.